The summed E-state index contributed by atoms with van der Waals surface area (Å²) in [6, 6.07) is 16.3. The summed E-state index contributed by atoms with van der Waals surface area (Å²) in [5, 5.41) is 2.62. The second-order valence-electron chi connectivity index (χ2n) is 6.04. The van der Waals surface area contributed by atoms with Crippen molar-refractivity contribution in [3.05, 3.63) is 105 Å². The first-order valence-corrected chi connectivity index (χ1v) is 8.38. The van der Waals surface area contributed by atoms with Gasteiger partial charge in [0.2, 0.25) is 5.91 Å². The molecule has 0 aliphatic heterocycles. The third-order valence-electron chi connectivity index (χ3n) is 4.04. The Morgan fingerprint density at radius 2 is 1.63 bits per heavy atom. The Hall–Kier alpha value is -3.48. The highest BCUT2D eigenvalue weighted by Gasteiger charge is 2.10. The van der Waals surface area contributed by atoms with E-state index in [2.05, 4.69) is 5.32 Å². The molecule has 138 valence electrons. The summed E-state index contributed by atoms with van der Waals surface area (Å²) >= 11 is 0. The molecule has 3 rings (SSSR count). The van der Waals surface area contributed by atoms with Gasteiger partial charge in [-0.25, -0.2) is 9.18 Å². The molecule has 1 aromatic heterocycles. The van der Waals surface area contributed by atoms with E-state index in [1.165, 1.54) is 29.0 Å². The number of amides is 1. The summed E-state index contributed by atoms with van der Waals surface area (Å²) in [4.78, 5) is 36.7. The average molecular weight is 367 g/mol. The minimum Gasteiger partial charge on any atom is -0.350 e. The highest BCUT2D eigenvalue weighted by atomic mass is 19.1. The molecule has 0 aliphatic rings. The molecule has 0 aliphatic carbocycles. The number of nitrogens with one attached hydrogen (secondary N) is 1. The number of nitrogens with zero attached hydrogens (tertiary/aromatic N) is 2. The van der Waals surface area contributed by atoms with Crippen molar-refractivity contribution in [3.63, 3.8) is 0 Å². The van der Waals surface area contributed by atoms with Gasteiger partial charge in [-0.15, -0.1) is 0 Å². The average Bonchev–Trinajstić information content (AvgIpc) is 2.68. The van der Waals surface area contributed by atoms with Crippen molar-refractivity contribution in [1.82, 2.24) is 14.5 Å². The van der Waals surface area contributed by atoms with Crippen LogP contribution in [0.4, 0.5) is 4.39 Å². The lowest BCUT2D eigenvalue weighted by atomic mass is 10.2. The molecule has 1 amide bonds. The molecule has 0 unspecified atom stereocenters. The fourth-order valence-electron chi connectivity index (χ4n) is 2.61. The lowest BCUT2D eigenvalue weighted by Gasteiger charge is -2.10. The van der Waals surface area contributed by atoms with E-state index in [0.29, 0.717) is 12.1 Å². The molecule has 0 bridgehead atoms. The van der Waals surface area contributed by atoms with Crippen LogP contribution in [0.15, 0.2) is 76.4 Å². The second kappa shape index (κ2) is 8.27. The number of hydrogen-bond donors (Lipinski definition) is 1. The highest BCUT2D eigenvalue weighted by molar-refractivity contribution is 5.75. The third-order valence-corrected chi connectivity index (χ3v) is 4.04. The Morgan fingerprint density at radius 1 is 0.926 bits per heavy atom. The van der Waals surface area contributed by atoms with Gasteiger partial charge in [0, 0.05) is 18.8 Å². The molecule has 0 spiro atoms. The van der Waals surface area contributed by atoms with Gasteiger partial charge in [-0.05, 0) is 23.3 Å². The Bertz CT molecular complexity index is 1040. The van der Waals surface area contributed by atoms with E-state index >= 15 is 0 Å². The van der Waals surface area contributed by atoms with Gasteiger partial charge in [0.05, 0.1) is 6.54 Å². The SMILES string of the molecule is O=C(Cn1c(=O)ccn(Cc2ccccc2)c1=O)NCc1ccc(F)cc1. The van der Waals surface area contributed by atoms with Crippen LogP contribution >= 0.6 is 0 Å². The molecule has 6 nitrogen and oxygen atoms in total. The minimum absolute atomic E-state index is 0.179. The summed E-state index contributed by atoms with van der Waals surface area (Å²) in [6.07, 6.45) is 1.42. The van der Waals surface area contributed by atoms with Crippen LogP contribution < -0.4 is 16.6 Å². The van der Waals surface area contributed by atoms with Crippen LogP contribution in [0.2, 0.25) is 0 Å². The maximum absolute atomic E-state index is 12.9. The summed E-state index contributed by atoms with van der Waals surface area (Å²) < 4.78 is 15.2. The van der Waals surface area contributed by atoms with Gasteiger partial charge in [-0.2, -0.15) is 0 Å². The lowest BCUT2D eigenvalue weighted by molar-refractivity contribution is -0.121. The van der Waals surface area contributed by atoms with E-state index in [1.54, 1.807) is 12.1 Å². The summed E-state index contributed by atoms with van der Waals surface area (Å²) in [6.45, 7) is 0.102. The van der Waals surface area contributed by atoms with Crippen molar-refractivity contribution in [2.45, 2.75) is 19.6 Å². The Balaban J connectivity index is 1.71. The van der Waals surface area contributed by atoms with Gasteiger partial charge in [0.25, 0.3) is 5.56 Å². The minimum atomic E-state index is -0.553. The van der Waals surface area contributed by atoms with Gasteiger partial charge >= 0.3 is 5.69 Å². The first-order chi connectivity index (χ1) is 13.0. The number of carbonyl (C=O) groups excluding carboxylic acids is 1. The predicted octanol–water partition coefficient (Wildman–Crippen LogP) is 1.51. The molecule has 0 atom stereocenters. The normalized spacial score (nSPS) is 10.6. The van der Waals surface area contributed by atoms with Crippen LogP contribution in [0, 0.1) is 5.82 Å². The van der Waals surface area contributed by atoms with E-state index < -0.39 is 17.2 Å². The first kappa shape index (κ1) is 18.3. The fraction of sp³-hybridized carbons (Fsp3) is 0.150. The summed E-state index contributed by atoms with van der Waals surface area (Å²) in [5.74, 6) is -0.837. The maximum Gasteiger partial charge on any atom is 0.331 e. The van der Waals surface area contributed by atoms with Crippen molar-refractivity contribution >= 4 is 5.91 Å². The van der Waals surface area contributed by atoms with E-state index in [9.17, 15) is 18.8 Å². The van der Waals surface area contributed by atoms with E-state index in [-0.39, 0.29) is 18.9 Å². The quantitative estimate of drug-likeness (QED) is 0.718. The number of benzene rings is 2. The van der Waals surface area contributed by atoms with Crippen LogP contribution in [-0.4, -0.2) is 15.0 Å². The molecule has 1 heterocycles. The van der Waals surface area contributed by atoms with Crippen molar-refractivity contribution < 1.29 is 9.18 Å². The van der Waals surface area contributed by atoms with Crippen molar-refractivity contribution in [2.24, 2.45) is 0 Å². The zero-order valence-corrected chi connectivity index (χ0v) is 14.5. The fourth-order valence-corrected chi connectivity index (χ4v) is 2.61. The standard InChI is InChI=1S/C20H18FN3O3/c21-17-8-6-15(7-9-17)12-22-18(25)14-24-19(26)10-11-23(20(24)27)13-16-4-2-1-3-5-16/h1-11H,12-14H2,(H,22,25). The molecular formula is C20H18FN3O3. The number of aromatic nitrogens is 2. The van der Waals surface area contributed by atoms with Crippen LogP contribution in [0.5, 0.6) is 0 Å². The van der Waals surface area contributed by atoms with Crippen LogP contribution in [0.1, 0.15) is 11.1 Å². The smallest absolute Gasteiger partial charge is 0.331 e. The van der Waals surface area contributed by atoms with Gasteiger partial charge in [0.1, 0.15) is 12.4 Å². The topological polar surface area (TPSA) is 73.1 Å². The molecular weight excluding hydrogens is 349 g/mol. The Kier molecular flexibility index (Phi) is 5.61. The molecule has 27 heavy (non-hydrogen) atoms. The van der Waals surface area contributed by atoms with Gasteiger partial charge in [-0.1, -0.05) is 42.5 Å². The largest absolute Gasteiger partial charge is 0.350 e. The van der Waals surface area contributed by atoms with Crippen molar-refractivity contribution in [2.75, 3.05) is 0 Å². The molecule has 7 heteroatoms. The summed E-state index contributed by atoms with van der Waals surface area (Å²) in [5.41, 5.74) is 0.529. The number of hydrogen-bond acceptors (Lipinski definition) is 3. The first-order valence-electron chi connectivity index (χ1n) is 8.38. The van der Waals surface area contributed by atoms with E-state index in [1.807, 2.05) is 30.3 Å². The number of carbonyl (C=O) groups is 1. The molecule has 1 N–H and O–H groups in total. The second-order valence-corrected chi connectivity index (χ2v) is 6.04. The molecule has 2 aromatic carbocycles. The van der Waals surface area contributed by atoms with Crippen LogP contribution in [-0.2, 0) is 24.4 Å². The monoisotopic (exact) mass is 367 g/mol. The lowest BCUT2D eigenvalue weighted by Crippen LogP contribution is -2.43. The molecule has 3 aromatic rings. The van der Waals surface area contributed by atoms with Crippen LogP contribution in [0.3, 0.4) is 0 Å². The summed E-state index contributed by atoms with van der Waals surface area (Å²) in [7, 11) is 0. The van der Waals surface area contributed by atoms with Gasteiger partial charge < -0.3 is 5.32 Å². The molecule has 0 radical (unpaired) electrons. The maximum atomic E-state index is 12.9. The number of rotatable bonds is 6. The third kappa shape index (κ3) is 4.78. The zero-order chi connectivity index (χ0) is 19.2. The van der Waals surface area contributed by atoms with Gasteiger partial charge in [0.15, 0.2) is 0 Å². The van der Waals surface area contributed by atoms with Gasteiger partial charge in [-0.3, -0.25) is 18.7 Å². The van der Waals surface area contributed by atoms with E-state index in [4.69, 9.17) is 0 Å². The zero-order valence-electron chi connectivity index (χ0n) is 14.5. The highest BCUT2D eigenvalue weighted by Crippen LogP contribution is 2.02. The van der Waals surface area contributed by atoms with E-state index in [0.717, 1.165) is 10.1 Å². The van der Waals surface area contributed by atoms with Crippen molar-refractivity contribution in [3.8, 4) is 0 Å². The Labute approximate surface area is 154 Å². The van der Waals surface area contributed by atoms with Crippen LogP contribution in [0.25, 0.3) is 0 Å². The number of halogens is 1. The predicted molar refractivity (Wildman–Crippen MR) is 98.8 cm³/mol. The Morgan fingerprint density at radius 3 is 2.33 bits per heavy atom. The molecule has 0 fully saturated rings. The molecule has 0 saturated heterocycles. The van der Waals surface area contributed by atoms with Crippen molar-refractivity contribution in [1.29, 1.82) is 0 Å². The molecule has 0 saturated carbocycles.